The molecule has 9 heteroatoms. The van der Waals surface area contributed by atoms with Crippen LogP contribution in [0.3, 0.4) is 0 Å². The Balaban J connectivity index is 1.47. The summed E-state index contributed by atoms with van der Waals surface area (Å²) in [6, 6.07) is 23.4. The molecule has 0 radical (unpaired) electrons. The molecule has 1 atom stereocenters. The number of ether oxygens (including phenoxy) is 1. The summed E-state index contributed by atoms with van der Waals surface area (Å²) in [5, 5.41) is 17.9. The second kappa shape index (κ2) is 12.3. The largest absolute Gasteiger partial charge is 0.493 e. The molecule has 0 saturated carbocycles. The summed E-state index contributed by atoms with van der Waals surface area (Å²) in [6.45, 7) is 0.434. The summed E-state index contributed by atoms with van der Waals surface area (Å²) < 4.78 is 32.8. The Kier molecular flexibility index (Phi) is 9.18. The van der Waals surface area contributed by atoms with Crippen molar-refractivity contribution in [2.75, 3.05) is 12.9 Å². The van der Waals surface area contributed by atoms with E-state index in [1.807, 2.05) is 36.4 Å². The van der Waals surface area contributed by atoms with Crippen molar-refractivity contribution in [3.05, 3.63) is 95.1 Å². The molecule has 7 nitrogen and oxygen atoms in total. The van der Waals surface area contributed by atoms with Gasteiger partial charge in [0.2, 0.25) is 0 Å². The third kappa shape index (κ3) is 9.00. The van der Waals surface area contributed by atoms with E-state index in [1.165, 1.54) is 23.9 Å². The van der Waals surface area contributed by atoms with E-state index >= 15 is 0 Å². The fraction of sp³-hybridized carbons (Fsp3) is 0.231. The predicted octanol–water partition coefficient (Wildman–Crippen LogP) is 4.45. The number of nitriles is 1. The maximum atomic E-state index is 11.7. The lowest BCUT2D eigenvalue weighted by atomic mass is 10.1. The van der Waals surface area contributed by atoms with Crippen LogP contribution in [0.2, 0.25) is 0 Å². The van der Waals surface area contributed by atoms with Crippen molar-refractivity contribution in [3.63, 3.8) is 0 Å². The quantitative estimate of drug-likeness (QED) is 0.355. The predicted molar refractivity (Wildman–Crippen MR) is 135 cm³/mol. The molecule has 0 saturated heterocycles. The number of carbonyl (C=O) groups is 1. The lowest BCUT2D eigenvalue weighted by Gasteiger charge is -2.13. The van der Waals surface area contributed by atoms with Crippen molar-refractivity contribution >= 4 is 27.8 Å². The number of rotatable bonds is 12. The standard InChI is InChI=1S/C26H25NO6S2/c1-35(30,31)33-24-12-10-23(11-13-24)32-15-14-19-2-4-20(5-3-19)16-25(26(28)29)34-18-22-8-6-21(17-27)7-9-22/h2-13,25H,14-16,18H2,1H3,(H,28,29). The zero-order valence-electron chi connectivity index (χ0n) is 19.1. The number of aliphatic carboxylic acids is 1. The van der Waals surface area contributed by atoms with Gasteiger partial charge in [0.05, 0.1) is 24.5 Å². The molecule has 0 aliphatic heterocycles. The highest BCUT2D eigenvalue weighted by Gasteiger charge is 2.18. The van der Waals surface area contributed by atoms with Gasteiger partial charge in [-0.05, 0) is 59.5 Å². The maximum Gasteiger partial charge on any atom is 0.316 e. The van der Waals surface area contributed by atoms with Crippen LogP contribution in [0.25, 0.3) is 0 Å². The number of thioether (sulfide) groups is 1. The van der Waals surface area contributed by atoms with E-state index in [1.54, 1.807) is 24.3 Å². The van der Waals surface area contributed by atoms with E-state index < -0.39 is 21.3 Å². The van der Waals surface area contributed by atoms with Crippen molar-refractivity contribution in [2.24, 2.45) is 0 Å². The molecule has 1 unspecified atom stereocenters. The molecule has 0 aliphatic rings. The molecular weight excluding hydrogens is 486 g/mol. The SMILES string of the molecule is CS(=O)(=O)Oc1ccc(OCCc2ccc(CC(SCc3ccc(C#N)cc3)C(=O)O)cc2)cc1. The number of carboxylic acids is 1. The molecule has 3 aromatic carbocycles. The minimum atomic E-state index is -3.56. The molecule has 0 aliphatic carbocycles. The normalized spacial score (nSPS) is 11.9. The Labute approximate surface area is 209 Å². The second-order valence-electron chi connectivity index (χ2n) is 7.82. The number of hydrogen-bond acceptors (Lipinski definition) is 7. The smallest absolute Gasteiger partial charge is 0.316 e. The van der Waals surface area contributed by atoms with Gasteiger partial charge in [0.1, 0.15) is 16.7 Å². The molecule has 0 spiro atoms. The minimum absolute atomic E-state index is 0.227. The third-order valence-electron chi connectivity index (χ3n) is 4.98. The van der Waals surface area contributed by atoms with Gasteiger partial charge < -0.3 is 14.0 Å². The van der Waals surface area contributed by atoms with Crippen molar-refractivity contribution in [2.45, 2.75) is 23.8 Å². The van der Waals surface area contributed by atoms with Crippen molar-refractivity contribution in [1.29, 1.82) is 5.26 Å². The highest BCUT2D eigenvalue weighted by atomic mass is 32.2. The lowest BCUT2D eigenvalue weighted by Crippen LogP contribution is -2.19. The summed E-state index contributed by atoms with van der Waals surface area (Å²) in [5.74, 6) is 0.532. The number of nitrogens with zero attached hydrogens (tertiary/aromatic N) is 1. The Hall–Kier alpha value is -3.48. The summed E-state index contributed by atoms with van der Waals surface area (Å²) in [5.41, 5.74) is 3.56. The first-order valence-electron chi connectivity index (χ1n) is 10.8. The Morgan fingerprint density at radius 1 is 0.943 bits per heavy atom. The van der Waals surface area contributed by atoms with Crippen LogP contribution >= 0.6 is 11.8 Å². The zero-order valence-corrected chi connectivity index (χ0v) is 20.7. The highest BCUT2D eigenvalue weighted by Crippen LogP contribution is 2.23. The zero-order chi connectivity index (χ0) is 25.3. The van der Waals surface area contributed by atoms with E-state index in [4.69, 9.17) is 14.2 Å². The molecule has 0 bridgehead atoms. The second-order valence-corrected chi connectivity index (χ2v) is 10.6. The molecule has 182 valence electrons. The summed E-state index contributed by atoms with van der Waals surface area (Å²) in [7, 11) is -3.56. The van der Waals surface area contributed by atoms with E-state index in [2.05, 4.69) is 6.07 Å². The van der Waals surface area contributed by atoms with Crippen LogP contribution < -0.4 is 8.92 Å². The lowest BCUT2D eigenvalue weighted by molar-refractivity contribution is -0.136. The summed E-state index contributed by atoms with van der Waals surface area (Å²) >= 11 is 1.37. The van der Waals surface area contributed by atoms with Gasteiger partial charge in [-0.3, -0.25) is 4.79 Å². The molecule has 1 N–H and O–H groups in total. The van der Waals surface area contributed by atoms with Crippen LogP contribution in [0.4, 0.5) is 0 Å². The summed E-state index contributed by atoms with van der Waals surface area (Å²) in [6.07, 6.45) is 2.06. The van der Waals surface area contributed by atoms with Crippen LogP contribution in [0, 0.1) is 11.3 Å². The van der Waals surface area contributed by atoms with Gasteiger partial charge >= 0.3 is 16.1 Å². The molecule has 3 rings (SSSR count). The maximum absolute atomic E-state index is 11.7. The first-order valence-corrected chi connectivity index (χ1v) is 13.6. The van der Waals surface area contributed by atoms with Crippen LogP contribution in [0.1, 0.15) is 22.3 Å². The van der Waals surface area contributed by atoms with E-state index in [0.717, 1.165) is 22.9 Å². The fourth-order valence-electron chi connectivity index (χ4n) is 3.20. The van der Waals surface area contributed by atoms with Crippen LogP contribution in [-0.2, 0) is 33.5 Å². The van der Waals surface area contributed by atoms with Crippen molar-refractivity contribution in [1.82, 2.24) is 0 Å². The van der Waals surface area contributed by atoms with Gasteiger partial charge in [0.25, 0.3) is 0 Å². The highest BCUT2D eigenvalue weighted by molar-refractivity contribution is 7.99. The first-order chi connectivity index (χ1) is 16.7. The molecular formula is C26H25NO6S2. The van der Waals surface area contributed by atoms with E-state index in [9.17, 15) is 18.3 Å². The van der Waals surface area contributed by atoms with Gasteiger partial charge in [-0.1, -0.05) is 36.4 Å². The van der Waals surface area contributed by atoms with Gasteiger partial charge in [0.15, 0.2) is 0 Å². The monoisotopic (exact) mass is 511 g/mol. The molecule has 3 aromatic rings. The van der Waals surface area contributed by atoms with Crippen LogP contribution in [0.5, 0.6) is 11.5 Å². The Morgan fingerprint density at radius 2 is 1.51 bits per heavy atom. The Morgan fingerprint density at radius 3 is 2.09 bits per heavy atom. The van der Waals surface area contributed by atoms with Gasteiger partial charge in [-0.15, -0.1) is 11.8 Å². The van der Waals surface area contributed by atoms with Crippen molar-refractivity contribution in [3.8, 4) is 17.6 Å². The van der Waals surface area contributed by atoms with Crippen LogP contribution in [0.15, 0.2) is 72.8 Å². The number of carboxylic acid groups (broad SMARTS) is 1. The average Bonchev–Trinajstić information content (AvgIpc) is 2.83. The first kappa shape index (κ1) is 26.1. The topological polar surface area (TPSA) is 114 Å². The molecule has 0 amide bonds. The van der Waals surface area contributed by atoms with Crippen LogP contribution in [-0.4, -0.2) is 37.6 Å². The summed E-state index contributed by atoms with van der Waals surface area (Å²) in [4.78, 5) is 11.7. The molecule has 0 aromatic heterocycles. The van der Waals surface area contributed by atoms with E-state index in [-0.39, 0.29) is 5.75 Å². The van der Waals surface area contributed by atoms with Crippen molar-refractivity contribution < 1.29 is 27.2 Å². The molecule has 35 heavy (non-hydrogen) atoms. The van der Waals surface area contributed by atoms with Gasteiger partial charge in [-0.25, -0.2) is 0 Å². The Bertz CT molecular complexity index is 1270. The van der Waals surface area contributed by atoms with Gasteiger partial charge in [0, 0.05) is 12.2 Å². The number of benzene rings is 3. The molecule has 0 fully saturated rings. The third-order valence-corrected chi connectivity index (χ3v) is 6.75. The number of hydrogen-bond donors (Lipinski definition) is 1. The van der Waals surface area contributed by atoms with Gasteiger partial charge in [-0.2, -0.15) is 13.7 Å². The molecule has 0 heterocycles. The average molecular weight is 512 g/mol. The fourth-order valence-corrected chi connectivity index (χ4v) is 4.70. The van der Waals surface area contributed by atoms with E-state index in [0.29, 0.717) is 36.5 Å². The minimum Gasteiger partial charge on any atom is -0.493 e.